The molecule has 0 bridgehead atoms. The van der Waals surface area contributed by atoms with E-state index in [-0.39, 0.29) is 4.90 Å². The predicted octanol–water partition coefficient (Wildman–Crippen LogP) is 2.96. The summed E-state index contributed by atoms with van der Waals surface area (Å²) in [6.07, 6.45) is 0. The Labute approximate surface area is 124 Å². The van der Waals surface area contributed by atoms with Crippen LogP contribution in [0.2, 0.25) is 0 Å². The molecule has 0 amide bonds. The topological polar surface area (TPSA) is 58.2 Å². The first-order valence-electron chi connectivity index (χ1n) is 5.26. The molecule has 0 saturated heterocycles. The fourth-order valence-electron chi connectivity index (χ4n) is 1.33. The van der Waals surface area contributed by atoms with E-state index in [1.807, 2.05) is 12.1 Å². The van der Waals surface area contributed by atoms with E-state index >= 15 is 0 Å². The fraction of sp³-hybridized carbons (Fsp3) is 0. The van der Waals surface area contributed by atoms with Crippen LogP contribution in [0.15, 0.2) is 57.7 Å². The van der Waals surface area contributed by atoms with Gasteiger partial charge in [-0.05, 0) is 40.2 Å². The van der Waals surface area contributed by atoms with Gasteiger partial charge in [0.25, 0.3) is 10.0 Å². The first-order chi connectivity index (χ1) is 8.99. The van der Waals surface area contributed by atoms with Gasteiger partial charge in [-0.1, -0.05) is 24.8 Å². The molecule has 19 heavy (non-hydrogen) atoms. The summed E-state index contributed by atoms with van der Waals surface area (Å²) < 4.78 is 24.9. The Hall–Kier alpha value is -1.15. The highest BCUT2D eigenvalue weighted by Gasteiger charge is 2.13. The molecule has 100 valence electrons. The van der Waals surface area contributed by atoms with Gasteiger partial charge in [0.2, 0.25) is 0 Å². The second-order valence-electron chi connectivity index (χ2n) is 3.63. The molecule has 0 atom stereocenters. The minimum Gasteiger partial charge on any atom is -0.307 e. The lowest BCUT2D eigenvalue weighted by Gasteiger charge is -2.10. The molecule has 0 aliphatic carbocycles. The Balaban J connectivity index is 2.05. The molecule has 2 N–H and O–H groups in total. The largest absolute Gasteiger partial charge is 0.307 e. The summed E-state index contributed by atoms with van der Waals surface area (Å²) in [4.78, 5) is 3.34. The highest BCUT2D eigenvalue weighted by Crippen LogP contribution is 2.25. The third-order valence-electron chi connectivity index (χ3n) is 2.26. The summed E-state index contributed by atoms with van der Waals surface area (Å²) in [5.41, 5.74) is 3.10. The zero-order valence-corrected chi connectivity index (χ0v) is 13.0. The Morgan fingerprint density at radius 3 is 2.42 bits per heavy atom. The smallest absolute Gasteiger partial charge is 0.257 e. The quantitative estimate of drug-likeness (QED) is 0.807. The van der Waals surface area contributed by atoms with Crippen LogP contribution in [0.1, 0.15) is 4.88 Å². The van der Waals surface area contributed by atoms with Crippen LogP contribution in [-0.2, 0) is 10.0 Å². The number of benzene rings is 1. The minimum absolute atomic E-state index is 0.197. The Bertz CT molecular complexity index is 681. The number of hydrogen-bond donors (Lipinski definition) is 2. The monoisotopic (exact) mass is 358 g/mol. The summed E-state index contributed by atoms with van der Waals surface area (Å²) in [6.45, 7) is 3.79. The molecular formula is C12H11BrN2O2S2. The highest BCUT2D eigenvalue weighted by molar-refractivity contribution is 9.11. The van der Waals surface area contributed by atoms with Crippen molar-refractivity contribution < 1.29 is 8.42 Å². The van der Waals surface area contributed by atoms with Gasteiger partial charge in [-0.3, -0.25) is 0 Å². The van der Waals surface area contributed by atoms with Gasteiger partial charge in [0.15, 0.2) is 0 Å². The maximum atomic E-state index is 12.0. The maximum Gasteiger partial charge on any atom is 0.257 e. The van der Waals surface area contributed by atoms with Gasteiger partial charge in [-0.15, -0.1) is 16.2 Å². The number of hydrogen-bond acceptors (Lipinski definition) is 4. The maximum absolute atomic E-state index is 12.0. The number of nitrogens with one attached hydrogen (secondary N) is 2. The van der Waals surface area contributed by atoms with Crippen molar-refractivity contribution in [2.75, 3.05) is 0 Å². The lowest BCUT2D eigenvalue weighted by atomic mass is 10.4. The molecule has 0 aliphatic heterocycles. The van der Waals surface area contributed by atoms with Crippen molar-refractivity contribution in [3.63, 3.8) is 0 Å². The second-order valence-corrected chi connectivity index (χ2v) is 7.77. The number of halogens is 1. The van der Waals surface area contributed by atoms with Gasteiger partial charge in [-0.2, -0.15) is 0 Å². The second kappa shape index (κ2) is 5.87. The molecule has 1 aromatic carbocycles. The minimum atomic E-state index is -3.59. The lowest BCUT2D eigenvalue weighted by molar-refractivity contribution is 0.576. The van der Waals surface area contributed by atoms with Crippen LogP contribution in [0.25, 0.3) is 5.70 Å². The van der Waals surface area contributed by atoms with Gasteiger partial charge in [0.1, 0.15) is 0 Å². The lowest BCUT2D eigenvalue weighted by Crippen LogP contribution is -2.35. The molecule has 0 radical (unpaired) electrons. The van der Waals surface area contributed by atoms with Crippen molar-refractivity contribution in [1.29, 1.82) is 0 Å². The van der Waals surface area contributed by atoms with E-state index in [1.165, 1.54) is 23.5 Å². The van der Waals surface area contributed by atoms with Crippen molar-refractivity contribution in [2.24, 2.45) is 0 Å². The van der Waals surface area contributed by atoms with Crippen molar-refractivity contribution in [3.05, 3.63) is 57.7 Å². The van der Waals surface area contributed by atoms with Crippen LogP contribution in [0.3, 0.4) is 0 Å². The van der Waals surface area contributed by atoms with E-state index in [1.54, 1.807) is 18.2 Å². The molecule has 1 aromatic heterocycles. The standard InChI is InChI=1S/C12H11BrN2O2S2/c1-9(11-7-8-12(13)18-11)14-15-19(16,17)10-5-3-2-4-6-10/h2-8,14-15H,1H2. The molecule has 0 unspecified atom stereocenters. The number of thiophene rings is 1. The fourth-order valence-corrected chi connectivity index (χ4v) is 3.53. The van der Waals surface area contributed by atoms with E-state index in [4.69, 9.17) is 0 Å². The zero-order chi connectivity index (χ0) is 13.9. The molecule has 2 rings (SSSR count). The summed E-state index contributed by atoms with van der Waals surface area (Å²) in [6, 6.07) is 11.9. The molecular weight excluding hydrogens is 348 g/mol. The predicted molar refractivity (Wildman–Crippen MR) is 81.0 cm³/mol. The summed E-state index contributed by atoms with van der Waals surface area (Å²) in [5, 5.41) is 0. The molecule has 7 heteroatoms. The van der Waals surface area contributed by atoms with Gasteiger partial charge in [0.05, 0.1) is 19.3 Å². The van der Waals surface area contributed by atoms with Crippen molar-refractivity contribution >= 4 is 43.0 Å². The van der Waals surface area contributed by atoms with Gasteiger partial charge in [-0.25, -0.2) is 8.42 Å². The van der Waals surface area contributed by atoms with Crippen molar-refractivity contribution in [1.82, 2.24) is 10.3 Å². The average molecular weight is 359 g/mol. The van der Waals surface area contributed by atoms with Gasteiger partial charge in [0, 0.05) is 0 Å². The van der Waals surface area contributed by atoms with Gasteiger partial charge >= 0.3 is 0 Å². The normalized spacial score (nSPS) is 11.2. The van der Waals surface area contributed by atoms with E-state index in [0.29, 0.717) is 5.70 Å². The van der Waals surface area contributed by atoms with Gasteiger partial charge < -0.3 is 5.43 Å². The SMILES string of the molecule is C=C(NNS(=O)(=O)c1ccccc1)c1ccc(Br)s1. The third-order valence-corrected chi connectivity index (χ3v) is 5.21. The summed E-state index contributed by atoms with van der Waals surface area (Å²) >= 11 is 4.80. The van der Waals surface area contributed by atoms with Crippen LogP contribution in [0, 0.1) is 0 Å². The van der Waals surface area contributed by atoms with Crippen LogP contribution < -0.4 is 10.3 Å². The summed E-state index contributed by atoms with van der Waals surface area (Å²) in [5.74, 6) is 0. The molecule has 0 spiro atoms. The first kappa shape index (κ1) is 14.3. The molecule has 0 aliphatic rings. The zero-order valence-electron chi connectivity index (χ0n) is 9.76. The van der Waals surface area contributed by atoms with E-state index in [9.17, 15) is 8.42 Å². The van der Waals surface area contributed by atoms with E-state index < -0.39 is 10.0 Å². The van der Waals surface area contributed by atoms with E-state index in [2.05, 4.69) is 32.8 Å². The average Bonchev–Trinajstić information content (AvgIpc) is 2.84. The Morgan fingerprint density at radius 2 is 1.84 bits per heavy atom. The Morgan fingerprint density at radius 1 is 1.16 bits per heavy atom. The highest BCUT2D eigenvalue weighted by atomic mass is 79.9. The van der Waals surface area contributed by atoms with Crippen LogP contribution in [-0.4, -0.2) is 8.42 Å². The molecule has 0 fully saturated rings. The van der Waals surface area contributed by atoms with Crippen molar-refractivity contribution in [3.8, 4) is 0 Å². The number of hydrazine groups is 1. The number of sulfonamides is 1. The third kappa shape index (κ3) is 3.66. The van der Waals surface area contributed by atoms with Crippen LogP contribution in [0.5, 0.6) is 0 Å². The molecule has 0 saturated carbocycles. The van der Waals surface area contributed by atoms with Crippen molar-refractivity contribution in [2.45, 2.75) is 4.90 Å². The Kier molecular flexibility index (Phi) is 4.41. The summed E-state index contributed by atoms with van der Waals surface area (Å²) in [7, 11) is -3.59. The molecule has 2 aromatic rings. The molecule has 1 heterocycles. The van der Waals surface area contributed by atoms with Crippen LogP contribution >= 0.6 is 27.3 Å². The van der Waals surface area contributed by atoms with E-state index in [0.717, 1.165) is 8.66 Å². The first-order valence-corrected chi connectivity index (χ1v) is 8.36. The molecule has 4 nitrogen and oxygen atoms in total. The van der Waals surface area contributed by atoms with Crippen LogP contribution in [0.4, 0.5) is 0 Å². The number of rotatable bonds is 5.